The Bertz CT molecular complexity index is 418. The zero-order valence-electron chi connectivity index (χ0n) is 11.3. The van der Waals surface area contributed by atoms with Gasteiger partial charge < -0.3 is 10.6 Å². The van der Waals surface area contributed by atoms with E-state index in [9.17, 15) is 19.2 Å². The normalized spacial score (nSPS) is 25.1. The SMILES string of the molecule is O=C(CSCC(=O)N[C@@H]1CCSC1=O)N[C@H]1CCSC1=O. The Morgan fingerprint density at radius 1 is 0.952 bits per heavy atom. The molecule has 0 saturated carbocycles. The largest absolute Gasteiger partial charge is 0.345 e. The monoisotopic (exact) mass is 348 g/mol. The van der Waals surface area contributed by atoms with Gasteiger partial charge in [0.15, 0.2) is 0 Å². The minimum Gasteiger partial charge on any atom is -0.345 e. The number of amides is 2. The molecule has 2 heterocycles. The molecule has 0 aliphatic carbocycles. The molecule has 0 radical (unpaired) electrons. The van der Waals surface area contributed by atoms with Crippen LogP contribution in [0.15, 0.2) is 0 Å². The third-order valence-electron chi connectivity index (χ3n) is 3.01. The third kappa shape index (κ3) is 5.23. The molecular formula is C12H16N2O4S3. The first kappa shape index (κ1) is 16.7. The van der Waals surface area contributed by atoms with Crippen molar-refractivity contribution in [2.24, 2.45) is 0 Å². The number of hydrogen-bond acceptors (Lipinski definition) is 7. The molecule has 0 aromatic rings. The van der Waals surface area contributed by atoms with Crippen molar-refractivity contribution in [3.8, 4) is 0 Å². The molecule has 21 heavy (non-hydrogen) atoms. The van der Waals surface area contributed by atoms with Crippen LogP contribution in [0, 0.1) is 0 Å². The van der Waals surface area contributed by atoms with E-state index >= 15 is 0 Å². The van der Waals surface area contributed by atoms with Crippen molar-refractivity contribution in [3.63, 3.8) is 0 Å². The fourth-order valence-corrected chi connectivity index (χ4v) is 4.47. The summed E-state index contributed by atoms with van der Waals surface area (Å²) in [6, 6.07) is -0.768. The Morgan fingerprint density at radius 3 is 1.71 bits per heavy atom. The zero-order chi connectivity index (χ0) is 15.2. The topological polar surface area (TPSA) is 92.3 Å². The minimum absolute atomic E-state index is 0.00309. The predicted molar refractivity (Wildman–Crippen MR) is 85.4 cm³/mol. The second-order valence-corrected chi connectivity index (χ2v) is 7.83. The van der Waals surface area contributed by atoms with E-state index in [1.807, 2.05) is 0 Å². The zero-order valence-corrected chi connectivity index (χ0v) is 13.7. The standard InChI is InChI=1S/C12H16N2O4S3/c15-9(13-7-1-3-20-11(7)17)5-19-6-10(16)14-8-2-4-21-12(8)18/h7-8H,1-6H2,(H,13,15)(H,14,16)/t7-,8+. The molecule has 2 rings (SSSR count). The van der Waals surface area contributed by atoms with Gasteiger partial charge in [0.2, 0.25) is 22.0 Å². The van der Waals surface area contributed by atoms with Gasteiger partial charge in [-0.2, -0.15) is 0 Å². The van der Waals surface area contributed by atoms with Gasteiger partial charge in [0, 0.05) is 11.5 Å². The lowest BCUT2D eigenvalue weighted by molar-refractivity contribution is -0.122. The van der Waals surface area contributed by atoms with Crippen LogP contribution in [0.1, 0.15) is 12.8 Å². The summed E-state index contributed by atoms with van der Waals surface area (Å²) in [6.45, 7) is 0. The molecule has 9 heteroatoms. The van der Waals surface area contributed by atoms with E-state index < -0.39 is 0 Å². The molecule has 2 amide bonds. The third-order valence-corrected chi connectivity index (χ3v) is 5.96. The summed E-state index contributed by atoms with van der Waals surface area (Å²) in [5.41, 5.74) is 0. The predicted octanol–water partition coefficient (Wildman–Crippen LogP) is 0.0162. The van der Waals surface area contributed by atoms with Crippen LogP contribution in [0.2, 0.25) is 0 Å². The molecule has 116 valence electrons. The lowest BCUT2D eigenvalue weighted by Crippen LogP contribution is -2.39. The van der Waals surface area contributed by atoms with Crippen LogP contribution in [0.4, 0.5) is 0 Å². The average molecular weight is 348 g/mol. The number of nitrogens with one attached hydrogen (secondary N) is 2. The van der Waals surface area contributed by atoms with Crippen LogP contribution in [0.25, 0.3) is 0 Å². The van der Waals surface area contributed by atoms with Crippen molar-refractivity contribution in [3.05, 3.63) is 0 Å². The summed E-state index contributed by atoms with van der Waals surface area (Å²) in [5.74, 6) is 1.28. The first-order valence-corrected chi connectivity index (χ1v) is 9.68. The van der Waals surface area contributed by atoms with E-state index in [-0.39, 0.29) is 45.6 Å². The molecule has 2 fully saturated rings. The van der Waals surface area contributed by atoms with Crippen molar-refractivity contribution in [2.45, 2.75) is 24.9 Å². The summed E-state index contributed by atoms with van der Waals surface area (Å²) in [5, 5.41) is 5.33. The van der Waals surface area contributed by atoms with Gasteiger partial charge in [-0.3, -0.25) is 19.2 Å². The van der Waals surface area contributed by atoms with E-state index in [0.717, 1.165) is 11.5 Å². The maximum Gasteiger partial charge on any atom is 0.230 e. The van der Waals surface area contributed by atoms with Crippen LogP contribution in [-0.2, 0) is 19.2 Å². The van der Waals surface area contributed by atoms with Crippen LogP contribution in [0.3, 0.4) is 0 Å². The Morgan fingerprint density at radius 2 is 1.38 bits per heavy atom. The highest BCUT2D eigenvalue weighted by Crippen LogP contribution is 2.20. The van der Waals surface area contributed by atoms with E-state index in [1.165, 1.54) is 35.3 Å². The Hall–Kier alpha value is -0.670. The van der Waals surface area contributed by atoms with Gasteiger partial charge in [0.05, 0.1) is 23.6 Å². The quantitative estimate of drug-likeness (QED) is 0.699. The van der Waals surface area contributed by atoms with Crippen molar-refractivity contribution in [1.82, 2.24) is 10.6 Å². The van der Waals surface area contributed by atoms with E-state index in [2.05, 4.69) is 10.6 Å². The van der Waals surface area contributed by atoms with Gasteiger partial charge in [-0.15, -0.1) is 11.8 Å². The maximum atomic E-state index is 11.6. The Kier molecular flexibility index (Phi) is 6.43. The highest BCUT2D eigenvalue weighted by atomic mass is 32.2. The first-order valence-electron chi connectivity index (χ1n) is 6.56. The molecule has 2 N–H and O–H groups in total. The average Bonchev–Trinajstić information content (AvgIpc) is 3.00. The molecule has 0 spiro atoms. The lowest BCUT2D eigenvalue weighted by Gasteiger charge is -2.11. The number of carbonyl (C=O) groups is 4. The molecular weight excluding hydrogens is 332 g/mol. The smallest absolute Gasteiger partial charge is 0.230 e. The van der Waals surface area contributed by atoms with Gasteiger partial charge in [-0.05, 0) is 12.8 Å². The molecule has 2 aliphatic heterocycles. The van der Waals surface area contributed by atoms with E-state index in [4.69, 9.17) is 0 Å². The first-order chi connectivity index (χ1) is 10.1. The van der Waals surface area contributed by atoms with Crippen LogP contribution in [0.5, 0.6) is 0 Å². The Labute approximate surface area is 135 Å². The van der Waals surface area contributed by atoms with E-state index in [0.29, 0.717) is 12.8 Å². The summed E-state index contributed by atoms with van der Waals surface area (Å²) in [7, 11) is 0. The molecule has 0 bridgehead atoms. The van der Waals surface area contributed by atoms with Crippen LogP contribution in [-0.4, -0.2) is 57.1 Å². The minimum atomic E-state index is -0.384. The number of carbonyl (C=O) groups excluding carboxylic acids is 4. The second-order valence-electron chi connectivity index (χ2n) is 4.65. The Balaban J connectivity index is 1.60. The highest BCUT2D eigenvalue weighted by Gasteiger charge is 2.27. The molecule has 0 unspecified atom stereocenters. The number of thioether (sulfide) groups is 3. The maximum absolute atomic E-state index is 11.6. The summed E-state index contributed by atoms with van der Waals surface area (Å²) >= 11 is 3.65. The fraction of sp³-hybridized carbons (Fsp3) is 0.667. The number of rotatable bonds is 6. The lowest BCUT2D eigenvalue weighted by atomic mass is 10.2. The van der Waals surface area contributed by atoms with Gasteiger partial charge in [0.25, 0.3) is 0 Å². The van der Waals surface area contributed by atoms with Crippen molar-refractivity contribution >= 4 is 57.3 Å². The van der Waals surface area contributed by atoms with Gasteiger partial charge >= 0.3 is 0 Å². The molecule has 2 aliphatic rings. The molecule has 0 aromatic heterocycles. The molecule has 0 aromatic carbocycles. The molecule has 6 nitrogen and oxygen atoms in total. The van der Waals surface area contributed by atoms with Crippen molar-refractivity contribution in [1.29, 1.82) is 0 Å². The molecule has 2 atom stereocenters. The van der Waals surface area contributed by atoms with Crippen LogP contribution < -0.4 is 10.6 Å². The fourth-order valence-electron chi connectivity index (χ4n) is 1.96. The van der Waals surface area contributed by atoms with Gasteiger partial charge in [0.1, 0.15) is 0 Å². The van der Waals surface area contributed by atoms with Gasteiger partial charge in [-0.25, -0.2) is 0 Å². The van der Waals surface area contributed by atoms with Crippen molar-refractivity contribution < 1.29 is 19.2 Å². The highest BCUT2D eigenvalue weighted by molar-refractivity contribution is 8.14. The second kappa shape index (κ2) is 8.09. The molecule has 2 saturated heterocycles. The van der Waals surface area contributed by atoms with Gasteiger partial charge in [-0.1, -0.05) is 23.5 Å². The summed E-state index contributed by atoms with van der Waals surface area (Å²) < 4.78 is 0. The number of hydrogen-bond donors (Lipinski definition) is 2. The van der Waals surface area contributed by atoms with E-state index in [1.54, 1.807) is 0 Å². The summed E-state index contributed by atoms with van der Waals surface area (Å²) in [6.07, 6.45) is 1.34. The summed E-state index contributed by atoms with van der Waals surface area (Å²) in [4.78, 5) is 46.0. The van der Waals surface area contributed by atoms with Crippen molar-refractivity contribution in [2.75, 3.05) is 23.0 Å². The van der Waals surface area contributed by atoms with Crippen LogP contribution >= 0.6 is 35.3 Å².